The van der Waals surface area contributed by atoms with E-state index in [1.54, 1.807) is 34.4 Å². The molecular weight excluding hydrogens is 316 g/mol. The Labute approximate surface area is 133 Å². The van der Waals surface area contributed by atoms with Crippen molar-refractivity contribution >= 4 is 27.9 Å². The van der Waals surface area contributed by atoms with Gasteiger partial charge in [0.25, 0.3) is 5.56 Å². The van der Waals surface area contributed by atoms with E-state index in [9.17, 15) is 9.59 Å². The number of pyridine rings is 1. The molecule has 0 atom stereocenters. The molecule has 0 amide bonds. The van der Waals surface area contributed by atoms with E-state index in [2.05, 4.69) is 9.97 Å². The van der Waals surface area contributed by atoms with E-state index in [4.69, 9.17) is 4.74 Å². The van der Waals surface area contributed by atoms with Crippen molar-refractivity contribution < 1.29 is 9.53 Å². The van der Waals surface area contributed by atoms with Crippen LogP contribution in [0.2, 0.25) is 0 Å². The maximum Gasteiger partial charge on any atom is 0.358 e. The van der Waals surface area contributed by atoms with Crippen molar-refractivity contribution in [3.63, 3.8) is 0 Å². The molecule has 0 saturated carbocycles. The Bertz CT molecular complexity index is 1050. The second-order valence-corrected chi connectivity index (χ2v) is 5.68. The summed E-state index contributed by atoms with van der Waals surface area (Å²) in [5.74, 6) is -0.554. The van der Waals surface area contributed by atoms with Crippen LogP contribution in [-0.4, -0.2) is 24.7 Å². The second-order valence-electron chi connectivity index (χ2n) is 4.81. The predicted molar refractivity (Wildman–Crippen MR) is 83.7 cm³/mol. The van der Waals surface area contributed by atoms with Crippen LogP contribution < -0.4 is 5.56 Å². The van der Waals surface area contributed by atoms with E-state index in [0.29, 0.717) is 16.3 Å². The van der Waals surface area contributed by atoms with Gasteiger partial charge in [0.05, 0.1) is 5.69 Å². The van der Waals surface area contributed by atoms with Gasteiger partial charge >= 0.3 is 5.97 Å². The molecule has 8 heteroatoms. The lowest BCUT2D eigenvalue weighted by atomic mass is 10.4. The van der Waals surface area contributed by atoms with Crippen molar-refractivity contribution in [3.8, 4) is 0 Å². The number of nitrogens with zero attached hydrogens (tertiary/aromatic N) is 4. The molecule has 0 radical (unpaired) electrons. The van der Waals surface area contributed by atoms with Gasteiger partial charge in [0, 0.05) is 30.0 Å². The van der Waals surface area contributed by atoms with Crippen molar-refractivity contribution in [1.29, 1.82) is 0 Å². The lowest BCUT2D eigenvalue weighted by Gasteiger charge is -2.02. The molecule has 4 aromatic rings. The zero-order valence-electron chi connectivity index (χ0n) is 11.7. The molecular formula is C15H10N4O3S. The van der Waals surface area contributed by atoms with Gasteiger partial charge in [-0.15, -0.1) is 11.3 Å². The fourth-order valence-electron chi connectivity index (χ4n) is 2.21. The highest BCUT2D eigenvalue weighted by atomic mass is 32.1. The predicted octanol–water partition coefficient (Wildman–Crippen LogP) is 1.76. The van der Waals surface area contributed by atoms with Crippen molar-refractivity contribution in [2.75, 3.05) is 0 Å². The van der Waals surface area contributed by atoms with Crippen LogP contribution in [0.5, 0.6) is 0 Å². The second kappa shape index (κ2) is 5.33. The Balaban J connectivity index is 1.55. The summed E-state index contributed by atoms with van der Waals surface area (Å²) in [5, 5.41) is 1.77. The van der Waals surface area contributed by atoms with Crippen molar-refractivity contribution in [1.82, 2.24) is 18.8 Å². The molecule has 0 unspecified atom stereocenters. The maximum absolute atomic E-state index is 12.1. The smallest absolute Gasteiger partial charge is 0.358 e. The van der Waals surface area contributed by atoms with Crippen LogP contribution in [0.4, 0.5) is 0 Å². The van der Waals surface area contributed by atoms with Gasteiger partial charge in [-0.05, 0) is 12.1 Å². The highest BCUT2D eigenvalue weighted by Crippen LogP contribution is 2.09. The quantitative estimate of drug-likeness (QED) is 0.536. The minimum atomic E-state index is -0.554. The van der Waals surface area contributed by atoms with Crippen LogP contribution in [0.15, 0.2) is 53.0 Å². The summed E-state index contributed by atoms with van der Waals surface area (Å²) in [6.45, 7) is -0.0731. The largest absolute Gasteiger partial charge is 0.454 e. The van der Waals surface area contributed by atoms with Crippen LogP contribution in [0.25, 0.3) is 10.6 Å². The summed E-state index contributed by atoms with van der Waals surface area (Å²) >= 11 is 1.34. The van der Waals surface area contributed by atoms with E-state index >= 15 is 0 Å². The first-order chi connectivity index (χ1) is 11.2. The van der Waals surface area contributed by atoms with Crippen molar-refractivity contribution in [2.45, 2.75) is 6.61 Å². The molecule has 0 aliphatic heterocycles. The summed E-state index contributed by atoms with van der Waals surface area (Å²) < 4.78 is 8.38. The fraction of sp³-hybridized carbons (Fsp3) is 0.0667. The Hall–Kier alpha value is -3.00. The van der Waals surface area contributed by atoms with Crippen molar-refractivity contribution in [3.05, 3.63) is 70.0 Å². The summed E-state index contributed by atoms with van der Waals surface area (Å²) in [7, 11) is 0. The summed E-state index contributed by atoms with van der Waals surface area (Å²) in [5.41, 5.74) is 1.09. The standard InChI is InChI=1S/C15H10N4O3S/c20-13-7-10(16-15-19(13)5-6-23-15)9-22-14(21)11-8-18-4-2-1-3-12(18)17-11/h1-8H,9H2. The minimum absolute atomic E-state index is 0.0731. The van der Waals surface area contributed by atoms with E-state index in [0.717, 1.165) is 0 Å². The number of esters is 1. The molecule has 0 spiro atoms. The topological polar surface area (TPSA) is 78.0 Å². The third kappa shape index (κ3) is 2.49. The first-order valence-electron chi connectivity index (χ1n) is 6.77. The number of hydrogen-bond acceptors (Lipinski definition) is 6. The van der Waals surface area contributed by atoms with Gasteiger partial charge in [0.15, 0.2) is 10.7 Å². The molecule has 4 aromatic heterocycles. The van der Waals surface area contributed by atoms with Crippen LogP contribution in [0, 0.1) is 0 Å². The summed E-state index contributed by atoms with van der Waals surface area (Å²) in [6, 6.07) is 6.84. The Morgan fingerprint density at radius 1 is 1.26 bits per heavy atom. The third-order valence-electron chi connectivity index (χ3n) is 3.28. The summed E-state index contributed by atoms with van der Waals surface area (Å²) in [4.78, 5) is 33.0. The number of rotatable bonds is 3. The van der Waals surface area contributed by atoms with Crippen LogP contribution >= 0.6 is 11.3 Å². The highest BCUT2D eigenvalue weighted by Gasteiger charge is 2.13. The van der Waals surface area contributed by atoms with Gasteiger partial charge in [-0.25, -0.2) is 14.8 Å². The summed E-state index contributed by atoms with van der Waals surface area (Å²) in [6.07, 6.45) is 5.05. The molecule has 4 heterocycles. The molecule has 4 rings (SSSR count). The molecule has 7 nitrogen and oxygen atoms in total. The van der Waals surface area contributed by atoms with Crippen LogP contribution in [0.1, 0.15) is 16.2 Å². The number of ether oxygens (including phenoxy) is 1. The zero-order valence-corrected chi connectivity index (χ0v) is 12.6. The normalized spacial score (nSPS) is 11.1. The number of carbonyl (C=O) groups is 1. The fourth-order valence-corrected chi connectivity index (χ4v) is 2.95. The molecule has 23 heavy (non-hydrogen) atoms. The molecule has 0 bridgehead atoms. The minimum Gasteiger partial charge on any atom is -0.454 e. The Morgan fingerprint density at radius 3 is 3.04 bits per heavy atom. The number of hydrogen-bond donors (Lipinski definition) is 0. The Morgan fingerprint density at radius 2 is 2.17 bits per heavy atom. The average Bonchev–Trinajstić information content (AvgIpc) is 3.19. The molecule has 0 N–H and O–H groups in total. The first kappa shape index (κ1) is 13.6. The van der Waals surface area contributed by atoms with E-state index < -0.39 is 5.97 Å². The molecule has 0 aromatic carbocycles. The molecule has 114 valence electrons. The number of imidazole rings is 1. The highest BCUT2D eigenvalue weighted by molar-refractivity contribution is 7.15. The lowest BCUT2D eigenvalue weighted by Crippen LogP contribution is -2.14. The third-order valence-corrected chi connectivity index (χ3v) is 4.04. The van der Waals surface area contributed by atoms with Gasteiger partial charge in [0.2, 0.25) is 0 Å². The van der Waals surface area contributed by atoms with E-state index in [-0.39, 0.29) is 17.9 Å². The molecule has 0 saturated heterocycles. The molecule has 0 fully saturated rings. The van der Waals surface area contributed by atoms with Crippen molar-refractivity contribution in [2.24, 2.45) is 0 Å². The number of aromatic nitrogens is 4. The molecule has 0 aliphatic rings. The zero-order chi connectivity index (χ0) is 15.8. The number of carbonyl (C=O) groups excluding carboxylic acids is 1. The lowest BCUT2D eigenvalue weighted by molar-refractivity contribution is 0.0461. The van der Waals surface area contributed by atoms with Gasteiger partial charge in [-0.1, -0.05) is 6.07 Å². The first-order valence-corrected chi connectivity index (χ1v) is 7.65. The van der Waals surface area contributed by atoms with Gasteiger partial charge in [0.1, 0.15) is 12.3 Å². The van der Waals surface area contributed by atoms with Gasteiger partial charge in [-0.3, -0.25) is 9.20 Å². The van der Waals surface area contributed by atoms with E-state index in [1.807, 2.05) is 12.1 Å². The average molecular weight is 326 g/mol. The van der Waals surface area contributed by atoms with Gasteiger partial charge < -0.3 is 9.14 Å². The molecule has 0 aliphatic carbocycles. The van der Waals surface area contributed by atoms with Gasteiger partial charge in [-0.2, -0.15) is 0 Å². The van der Waals surface area contributed by atoms with Crippen LogP contribution in [-0.2, 0) is 11.3 Å². The maximum atomic E-state index is 12.1. The Kier molecular flexibility index (Phi) is 3.16. The monoisotopic (exact) mass is 326 g/mol. The van der Waals surface area contributed by atoms with E-state index in [1.165, 1.54) is 21.8 Å². The number of thiazole rings is 1. The SMILES string of the molecule is O=C(OCc1cc(=O)n2ccsc2n1)c1cn2ccccc2n1. The van der Waals surface area contributed by atoms with Crippen LogP contribution in [0.3, 0.4) is 0 Å². The number of fused-ring (bicyclic) bond motifs is 2.